The van der Waals surface area contributed by atoms with Gasteiger partial charge in [0, 0.05) is 40.8 Å². The molecule has 1 aliphatic rings. The van der Waals surface area contributed by atoms with E-state index in [-0.39, 0.29) is 17.1 Å². The Balaban J connectivity index is 1.55. The van der Waals surface area contributed by atoms with Crippen molar-refractivity contribution in [1.82, 2.24) is 0 Å². The van der Waals surface area contributed by atoms with Gasteiger partial charge in [-0.15, -0.1) is 0 Å². The van der Waals surface area contributed by atoms with Crippen LogP contribution in [0.4, 0.5) is 22.7 Å². The van der Waals surface area contributed by atoms with Crippen molar-refractivity contribution in [2.24, 2.45) is 4.99 Å². The Kier molecular flexibility index (Phi) is 5.66. The SMILES string of the molecule is Cc1ccc(NC(=O)c2cccc(C(C)(C)C)c2)cc1Nc1ccc2c(c1)C(=O)CC=N2. The van der Waals surface area contributed by atoms with E-state index in [0.29, 0.717) is 28.9 Å². The van der Waals surface area contributed by atoms with Crippen molar-refractivity contribution >= 4 is 40.7 Å². The first-order valence-corrected chi connectivity index (χ1v) is 10.7. The molecule has 0 fully saturated rings. The van der Waals surface area contributed by atoms with E-state index in [9.17, 15) is 9.59 Å². The molecule has 0 unspecified atom stereocenters. The number of carbonyl (C=O) groups is 2. The Labute approximate surface area is 188 Å². The fraction of sp³-hybridized carbons (Fsp3) is 0.222. The maximum Gasteiger partial charge on any atom is 0.255 e. The molecule has 0 atom stereocenters. The zero-order valence-electron chi connectivity index (χ0n) is 18.8. The predicted octanol–water partition coefficient (Wildman–Crippen LogP) is 6.58. The Morgan fingerprint density at radius 2 is 1.75 bits per heavy atom. The van der Waals surface area contributed by atoms with Crippen LogP contribution in [0.2, 0.25) is 0 Å². The quantitative estimate of drug-likeness (QED) is 0.496. The van der Waals surface area contributed by atoms with E-state index in [1.54, 1.807) is 6.21 Å². The van der Waals surface area contributed by atoms with Crippen LogP contribution < -0.4 is 10.6 Å². The highest BCUT2D eigenvalue weighted by molar-refractivity contribution is 6.10. The molecular weight excluding hydrogens is 398 g/mol. The molecule has 0 bridgehead atoms. The number of hydrogen-bond donors (Lipinski definition) is 2. The second kappa shape index (κ2) is 8.42. The topological polar surface area (TPSA) is 70.6 Å². The van der Waals surface area contributed by atoms with Crippen LogP contribution >= 0.6 is 0 Å². The summed E-state index contributed by atoms with van der Waals surface area (Å²) in [6.45, 7) is 8.38. The minimum atomic E-state index is -0.150. The van der Waals surface area contributed by atoms with Crippen LogP contribution in [0.1, 0.15) is 59.0 Å². The van der Waals surface area contributed by atoms with E-state index < -0.39 is 0 Å². The molecule has 4 rings (SSSR count). The number of aryl methyl sites for hydroxylation is 1. The van der Waals surface area contributed by atoms with Crippen LogP contribution in [0.25, 0.3) is 0 Å². The molecule has 5 heteroatoms. The molecule has 1 heterocycles. The summed E-state index contributed by atoms with van der Waals surface area (Å²) in [5.74, 6) is -0.0861. The number of nitrogens with one attached hydrogen (secondary N) is 2. The van der Waals surface area contributed by atoms with E-state index in [1.807, 2.05) is 67.6 Å². The second-order valence-corrected chi connectivity index (χ2v) is 9.11. The highest BCUT2D eigenvalue weighted by Gasteiger charge is 2.17. The molecule has 32 heavy (non-hydrogen) atoms. The number of carbonyl (C=O) groups excluding carboxylic acids is 2. The number of nitrogens with zero attached hydrogens (tertiary/aromatic N) is 1. The zero-order valence-corrected chi connectivity index (χ0v) is 18.8. The fourth-order valence-corrected chi connectivity index (χ4v) is 3.61. The smallest absolute Gasteiger partial charge is 0.255 e. The van der Waals surface area contributed by atoms with Crippen molar-refractivity contribution in [3.63, 3.8) is 0 Å². The average molecular weight is 426 g/mol. The third-order valence-electron chi connectivity index (χ3n) is 5.57. The number of rotatable bonds is 4. The highest BCUT2D eigenvalue weighted by atomic mass is 16.1. The van der Waals surface area contributed by atoms with Crippen LogP contribution in [-0.4, -0.2) is 17.9 Å². The first-order valence-electron chi connectivity index (χ1n) is 10.7. The van der Waals surface area contributed by atoms with E-state index >= 15 is 0 Å². The van der Waals surface area contributed by atoms with E-state index in [2.05, 4.69) is 36.4 Å². The summed E-state index contributed by atoms with van der Waals surface area (Å²) in [4.78, 5) is 29.3. The van der Waals surface area contributed by atoms with Gasteiger partial charge in [0.1, 0.15) is 0 Å². The maximum atomic E-state index is 12.9. The first kappa shape index (κ1) is 21.5. The van der Waals surface area contributed by atoms with Crippen LogP contribution in [0.5, 0.6) is 0 Å². The lowest BCUT2D eigenvalue weighted by Gasteiger charge is -2.19. The molecule has 2 N–H and O–H groups in total. The van der Waals surface area contributed by atoms with Gasteiger partial charge >= 0.3 is 0 Å². The van der Waals surface area contributed by atoms with Gasteiger partial charge < -0.3 is 10.6 Å². The van der Waals surface area contributed by atoms with E-state index in [4.69, 9.17) is 0 Å². The number of hydrogen-bond acceptors (Lipinski definition) is 4. The van der Waals surface area contributed by atoms with Gasteiger partial charge in [0.25, 0.3) is 5.91 Å². The monoisotopic (exact) mass is 425 g/mol. The molecule has 1 amide bonds. The van der Waals surface area contributed by atoms with Crippen molar-refractivity contribution in [2.45, 2.75) is 39.5 Å². The van der Waals surface area contributed by atoms with Crippen LogP contribution in [0, 0.1) is 6.92 Å². The van der Waals surface area contributed by atoms with Crippen molar-refractivity contribution < 1.29 is 9.59 Å². The molecule has 0 radical (unpaired) electrons. The summed E-state index contributed by atoms with van der Waals surface area (Å²) < 4.78 is 0. The molecule has 1 aliphatic heterocycles. The summed E-state index contributed by atoms with van der Waals surface area (Å²) in [6.07, 6.45) is 1.97. The molecular formula is C27H27N3O2. The largest absolute Gasteiger partial charge is 0.355 e. The van der Waals surface area contributed by atoms with Gasteiger partial charge in [-0.3, -0.25) is 14.6 Å². The summed E-state index contributed by atoms with van der Waals surface area (Å²) >= 11 is 0. The summed E-state index contributed by atoms with van der Waals surface area (Å²) in [6, 6.07) is 19.0. The maximum absolute atomic E-state index is 12.9. The highest BCUT2D eigenvalue weighted by Crippen LogP contribution is 2.30. The molecule has 3 aromatic carbocycles. The second-order valence-electron chi connectivity index (χ2n) is 9.11. The molecule has 0 spiro atoms. The van der Waals surface area contributed by atoms with Gasteiger partial charge in [-0.2, -0.15) is 0 Å². The molecule has 5 nitrogen and oxygen atoms in total. The predicted molar refractivity (Wildman–Crippen MR) is 131 cm³/mol. The molecule has 0 aromatic heterocycles. The van der Waals surface area contributed by atoms with Crippen LogP contribution in [-0.2, 0) is 5.41 Å². The van der Waals surface area contributed by atoms with Gasteiger partial charge in [-0.25, -0.2) is 0 Å². The lowest BCUT2D eigenvalue weighted by Crippen LogP contribution is -2.15. The Morgan fingerprint density at radius 3 is 2.53 bits per heavy atom. The van der Waals surface area contributed by atoms with Crippen molar-refractivity contribution in [2.75, 3.05) is 10.6 Å². The minimum absolute atomic E-state index is 0.0290. The lowest BCUT2D eigenvalue weighted by atomic mass is 9.86. The minimum Gasteiger partial charge on any atom is -0.355 e. The number of Topliss-reactive ketones (excluding diaryl/α,β-unsaturated/α-hetero) is 1. The van der Waals surface area contributed by atoms with Gasteiger partial charge in [0.05, 0.1) is 5.69 Å². The van der Waals surface area contributed by atoms with Crippen molar-refractivity contribution in [3.05, 3.63) is 82.9 Å². The Bertz CT molecular complexity index is 1240. The summed E-state index contributed by atoms with van der Waals surface area (Å²) in [5, 5.41) is 6.36. The third kappa shape index (κ3) is 4.62. The summed E-state index contributed by atoms with van der Waals surface area (Å²) in [5.41, 5.74) is 6.42. The summed E-state index contributed by atoms with van der Waals surface area (Å²) in [7, 11) is 0. The number of benzene rings is 3. The van der Waals surface area contributed by atoms with E-state index in [0.717, 1.165) is 22.5 Å². The number of amides is 1. The Morgan fingerprint density at radius 1 is 0.969 bits per heavy atom. The molecule has 0 saturated heterocycles. The normalized spacial score (nSPS) is 12.9. The fourth-order valence-electron chi connectivity index (χ4n) is 3.61. The molecule has 3 aromatic rings. The molecule has 0 saturated carbocycles. The van der Waals surface area contributed by atoms with Gasteiger partial charge in [0.15, 0.2) is 5.78 Å². The number of anilines is 3. The standard InChI is InChI=1S/C27H27N3O2/c1-17-8-9-21(30-26(32)18-6-5-7-19(14-18)27(2,3)4)16-24(17)29-20-10-11-23-22(15-20)25(31)12-13-28-23/h5-11,13-16,29H,12H2,1-4H3,(H,30,32). The first-order chi connectivity index (χ1) is 15.2. The lowest BCUT2D eigenvalue weighted by molar-refractivity contribution is 0.0998. The van der Waals surface area contributed by atoms with Gasteiger partial charge in [-0.05, 0) is 65.9 Å². The number of aliphatic imine (C=N–C) groups is 1. The molecule has 162 valence electrons. The van der Waals surface area contributed by atoms with E-state index in [1.165, 1.54) is 0 Å². The van der Waals surface area contributed by atoms with Crippen LogP contribution in [0.3, 0.4) is 0 Å². The molecule has 0 aliphatic carbocycles. The van der Waals surface area contributed by atoms with Gasteiger partial charge in [-0.1, -0.05) is 39.0 Å². The van der Waals surface area contributed by atoms with Gasteiger partial charge in [0.2, 0.25) is 0 Å². The number of fused-ring (bicyclic) bond motifs is 1. The van der Waals surface area contributed by atoms with Crippen molar-refractivity contribution in [1.29, 1.82) is 0 Å². The average Bonchev–Trinajstić information content (AvgIpc) is 2.76. The van der Waals surface area contributed by atoms with Crippen molar-refractivity contribution in [3.8, 4) is 0 Å². The zero-order chi connectivity index (χ0) is 22.9. The number of ketones is 1. The third-order valence-corrected chi connectivity index (χ3v) is 5.57. The van der Waals surface area contributed by atoms with Crippen LogP contribution in [0.15, 0.2) is 65.7 Å². The Hall–Kier alpha value is -3.73.